The highest BCUT2D eigenvalue weighted by Gasteiger charge is 2.29. The second kappa shape index (κ2) is 4.86. The molecule has 18 heavy (non-hydrogen) atoms. The van der Waals surface area contributed by atoms with Gasteiger partial charge in [0.1, 0.15) is 5.82 Å². The van der Waals surface area contributed by atoms with Crippen LogP contribution in [0.1, 0.15) is 35.3 Å². The molecule has 4 heteroatoms. The van der Waals surface area contributed by atoms with Gasteiger partial charge in [0, 0.05) is 24.7 Å². The summed E-state index contributed by atoms with van der Waals surface area (Å²) < 4.78 is 2.19. The smallest absolute Gasteiger partial charge is 0.126 e. The maximum Gasteiger partial charge on any atom is 0.126 e. The van der Waals surface area contributed by atoms with Gasteiger partial charge in [-0.3, -0.25) is 4.90 Å². The van der Waals surface area contributed by atoms with Gasteiger partial charge >= 0.3 is 0 Å². The third-order valence-electron chi connectivity index (χ3n) is 3.63. The van der Waals surface area contributed by atoms with Crippen LogP contribution in [0, 0.1) is 6.92 Å². The third kappa shape index (κ3) is 2.22. The molecule has 3 rings (SSSR count). The van der Waals surface area contributed by atoms with E-state index in [0.29, 0.717) is 6.04 Å². The van der Waals surface area contributed by atoms with Crippen molar-refractivity contribution >= 4 is 11.3 Å². The van der Waals surface area contributed by atoms with Crippen LogP contribution in [0.2, 0.25) is 0 Å². The zero-order valence-corrected chi connectivity index (χ0v) is 11.8. The number of likely N-dealkylation sites (tertiary alicyclic amines) is 1. The second-order valence-corrected chi connectivity index (χ2v) is 6.09. The van der Waals surface area contributed by atoms with Gasteiger partial charge in [-0.05, 0) is 37.8 Å². The molecule has 2 aromatic rings. The summed E-state index contributed by atoms with van der Waals surface area (Å²) >= 11 is 1.85. The van der Waals surface area contributed by atoms with Crippen molar-refractivity contribution in [2.45, 2.75) is 32.4 Å². The van der Waals surface area contributed by atoms with Crippen molar-refractivity contribution in [1.82, 2.24) is 14.5 Å². The van der Waals surface area contributed by atoms with Crippen LogP contribution in [0.5, 0.6) is 0 Å². The van der Waals surface area contributed by atoms with Crippen molar-refractivity contribution in [3.63, 3.8) is 0 Å². The highest BCUT2D eigenvalue weighted by molar-refractivity contribution is 7.09. The lowest BCUT2D eigenvalue weighted by molar-refractivity contribution is 0.238. The Kier molecular flexibility index (Phi) is 3.22. The molecule has 0 saturated carbocycles. The van der Waals surface area contributed by atoms with Crippen molar-refractivity contribution in [2.24, 2.45) is 7.05 Å². The summed E-state index contributed by atoms with van der Waals surface area (Å²) in [6, 6.07) is 4.85. The number of aryl methyl sites for hydroxylation is 2. The standard InChI is InChI=1S/C14H19N3S/c1-11-9-16(2)14(15-11)13-6-3-7-17(13)10-12-5-4-8-18-12/h4-5,8-9,13H,3,6-7,10H2,1-2H3/t13-/m0/s1. The molecule has 2 aromatic heterocycles. The molecule has 3 heterocycles. The van der Waals surface area contributed by atoms with E-state index in [2.05, 4.69) is 47.1 Å². The number of rotatable bonds is 3. The molecule has 96 valence electrons. The van der Waals surface area contributed by atoms with Gasteiger partial charge in [-0.1, -0.05) is 6.07 Å². The Morgan fingerprint density at radius 1 is 1.50 bits per heavy atom. The van der Waals surface area contributed by atoms with Crippen LogP contribution in [0.25, 0.3) is 0 Å². The number of hydrogen-bond acceptors (Lipinski definition) is 3. The van der Waals surface area contributed by atoms with Crippen LogP contribution >= 0.6 is 11.3 Å². The molecular formula is C14H19N3S. The first-order valence-electron chi connectivity index (χ1n) is 6.50. The molecule has 1 saturated heterocycles. The fourth-order valence-electron chi connectivity index (χ4n) is 2.85. The van der Waals surface area contributed by atoms with Crippen molar-refractivity contribution in [3.05, 3.63) is 40.1 Å². The molecule has 0 spiro atoms. The van der Waals surface area contributed by atoms with E-state index in [0.717, 1.165) is 12.2 Å². The van der Waals surface area contributed by atoms with E-state index in [1.54, 1.807) is 0 Å². The fraction of sp³-hybridized carbons (Fsp3) is 0.500. The van der Waals surface area contributed by atoms with E-state index in [4.69, 9.17) is 4.98 Å². The molecule has 0 bridgehead atoms. The predicted octanol–water partition coefficient (Wildman–Crippen LogP) is 3.13. The Bertz CT molecular complexity index is 515. The largest absolute Gasteiger partial charge is 0.336 e. The minimum atomic E-state index is 0.491. The fourth-order valence-corrected chi connectivity index (χ4v) is 3.58. The average Bonchev–Trinajstić information content (AvgIpc) is 3.02. The summed E-state index contributed by atoms with van der Waals surface area (Å²) in [4.78, 5) is 8.71. The molecular weight excluding hydrogens is 242 g/mol. The Hall–Kier alpha value is -1.13. The summed E-state index contributed by atoms with van der Waals surface area (Å²) in [5.41, 5.74) is 1.12. The molecule has 1 atom stereocenters. The number of aromatic nitrogens is 2. The SMILES string of the molecule is Cc1cn(C)c([C@@H]2CCCN2Cc2cccs2)n1. The summed E-state index contributed by atoms with van der Waals surface area (Å²) in [6.07, 6.45) is 4.63. The molecule has 0 aliphatic carbocycles. The first-order valence-corrected chi connectivity index (χ1v) is 7.38. The number of imidazole rings is 1. The van der Waals surface area contributed by atoms with Gasteiger partial charge in [0.05, 0.1) is 11.7 Å². The van der Waals surface area contributed by atoms with Crippen molar-refractivity contribution in [3.8, 4) is 0 Å². The maximum absolute atomic E-state index is 4.70. The van der Waals surface area contributed by atoms with Gasteiger partial charge in [-0.2, -0.15) is 0 Å². The Labute approximate surface area is 112 Å². The van der Waals surface area contributed by atoms with Gasteiger partial charge in [-0.15, -0.1) is 11.3 Å². The average molecular weight is 261 g/mol. The predicted molar refractivity (Wildman–Crippen MR) is 74.6 cm³/mol. The van der Waals surface area contributed by atoms with E-state index >= 15 is 0 Å². The Morgan fingerprint density at radius 3 is 3.06 bits per heavy atom. The summed E-state index contributed by atoms with van der Waals surface area (Å²) in [5, 5.41) is 2.16. The van der Waals surface area contributed by atoms with Crippen LogP contribution in [0.3, 0.4) is 0 Å². The van der Waals surface area contributed by atoms with E-state index in [1.165, 1.54) is 30.1 Å². The molecule has 3 nitrogen and oxygen atoms in total. The van der Waals surface area contributed by atoms with Crippen LogP contribution in [-0.4, -0.2) is 21.0 Å². The molecule has 1 fully saturated rings. The van der Waals surface area contributed by atoms with E-state index < -0.39 is 0 Å². The minimum absolute atomic E-state index is 0.491. The number of hydrogen-bond donors (Lipinski definition) is 0. The molecule has 1 aliphatic rings. The zero-order chi connectivity index (χ0) is 12.5. The van der Waals surface area contributed by atoms with Crippen LogP contribution < -0.4 is 0 Å². The van der Waals surface area contributed by atoms with Crippen molar-refractivity contribution in [1.29, 1.82) is 0 Å². The second-order valence-electron chi connectivity index (χ2n) is 5.06. The lowest BCUT2D eigenvalue weighted by Crippen LogP contribution is -2.24. The van der Waals surface area contributed by atoms with Gasteiger partial charge in [0.15, 0.2) is 0 Å². The third-order valence-corrected chi connectivity index (χ3v) is 4.49. The molecule has 0 N–H and O–H groups in total. The lowest BCUT2D eigenvalue weighted by atomic mass is 10.2. The molecule has 0 amide bonds. The van der Waals surface area contributed by atoms with E-state index in [1.807, 2.05) is 11.3 Å². The lowest BCUT2D eigenvalue weighted by Gasteiger charge is -2.23. The summed E-state index contributed by atoms with van der Waals surface area (Å²) in [7, 11) is 2.11. The Morgan fingerprint density at radius 2 is 2.39 bits per heavy atom. The van der Waals surface area contributed by atoms with Gasteiger partial charge in [-0.25, -0.2) is 4.98 Å². The highest BCUT2D eigenvalue weighted by Crippen LogP contribution is 2.32. The van der Waals surface area contributed by atoms with Crippen molar-refractivity contribution in [2.75, 3.05) is 6.54 Å². The van der Waals surface area contributed by atoms with Crippen LogP contribution in [0.4, 0.5) is 0 Å². The monoisotopic (exact) mass is 261 g/mol. The van der Waals surface area contributed by atoms with Crippen molar-refractivity contribution < 1.29 is 0 Å². The molecule has 0 radical (unpaired) electrons. The number of nitrogens with zero attached hydrogens (tertiary/aromatic N) is 3. The van der Waals surface area contributed by atoms with Crippen LogP contribution in [0.15, 0.2) is 23.7 Å². The van der Waals surface area contributed by atoms with E-state index in [9.17, 15) is 0 Å². The molecule has 0 unspecified atom stereocenters. The highest BCUT2D eigenvalue weighted by atomic mass is 32.1. The maximum atomic E-state index is 4.70. The first kappa shape index (κ1) is 11.9. The van der Waals surface area contributed by atoms with Gasteiger partial charge in [0.25, 0.3) is 0 Å². The van der Waals surface area contributed by atoms with Crippen LogP contribution in [-0.2, 0) is 13.6 Å². The molecule has 0 aromatic carbocycles. The normalized spacial score (nSPS) is 20.7. The van der Waals surface area contributed by atoms with Gasteiger partial charge in [0.2, 0.25) is 0 Å². The first-order chi connectivity index (χ1) is 8.74. The summed E-state index contributed by atoms with van der Waals surface area (Å²) in [6.45, 7) is 4.32. The van der Waals surface area contributed by atoms with E-state index in [-0.39, 0.29) is 0 Å². The zero-order valence-electron chi connectivity index (χ0n) is 11.0. The number of thiophene rings is 1. The topological polar surface area (TPSA) is 21.1 Å². The summed E-state index contributed by atoms with van der Waals surface area (Å²) in [5.74, 6) is 1.22. The minimum Gasteiger partial charge on any atom is -0.336 e. The molecule has 1 aliphatic heterocycles. The quantitative estimate of drug-likeness (QED) is 0.846. The Balaban J connectivity index is 1.81. The van der Waals surface area contributed by atoms with Gasteiger partial charge < -0.3 is 4.57 Å².